The van der Waals surface area contributed by atoms with Gasteiger partial charge in [-0.1, -0.05) is 13.8 Å². The van der Waals surface area contributed by atoms with Crippen LogP contribution in [0, 0.1) is 11.8 Å². The molecule has 2 aromatic rings. The number of anilines is 1. The molecule has 0 radical (unpaired) electrons. The normalized spacial score (nSPS) is 24.1. The van der Waals surface area contributed by atoms with Crippen molar-refractivity contribution in [2.45, 2.75) is 26.8 Å². The zero-order valence-corrected chi connectivity index (χ0v) is 13.2. The fourth-order valence-corrected chi connectivity index (χ4v) is 3.64. The highest BCUT2D eigenvalue weighted by molar-refractivity contribution is 7.16. The van der Waals surface area contributed by atoms with Gasteiger partial charge >= 0.3 is 0 Å². The molecule has 5 heteroatoms. The van der Waals surface area contributed by atoms with Gasteiger partial charge in [0.25, 0.3) is 0 Å². The number of piperidine rings is 1. The van der Waals surface area contributed by atoms with Crippen LogP contribution in [-0.4, -0.2) is 35.0 Å². The van der Waals surface area contributed by atoms with Crippen molar-refractivity contribution in [1.82, 2.24) is 14.9 Å². The molecule has 1 aliphatic rings. The highest BCUT2D eigenvalue weighted by atomic mass is 32.1. The van der Waals surface area contributed by atoms with Crippen molar-refractivity contribution in [2.24, 2.45) is 11.8 Å². The molecule has 0 aromatic carbocycles. The van der Waals surface area contributed by atoms with Crippen LogP contribution in [-0.2, 0) is 6.54 Å². The van der Waals surface area contributed by atoms with E-state index in [9.17, 15) is 0 Å². The number of nitrogens with one attached hydrogen (secondary N) is 1. The molecule has 2 aromatic heterocycles. The summed E-state index contributed by atoms with van der Waals surface area (Å²) in [6, 6.07) is 2.08. The maximum Gasteiger partial charge on any atom is 0.146 e. The first-order valence-corrected chi connectivity index (χ1v) is 8.19. The lowest BCUT2D eigenvalue weighted by Gasteiger charge is -2.34. The molecule has 1 aliphatic heterocycles. The van der Waals surface area contributed by atoms with Crippen LogP contribution in [0.1, 0.15) is 26.1 Å². The van der Waals surface area contributed by atoms with Crippen molar-refractivity contribution in [3.8, 4) is 0 Å². The molecule has 0 saturated carbocycles. The quantitative estimate of drug-likeness (QED) is 0.942. The van der Waals surface area contributed by atoms with Crippen LogP contribution in [0.3, 0.4) is 0 Å². The Morgan fingerprint density at radius 3 is 2.95 bits per heavy atom. The summed E-state index contributed by atoms with van der Waals surface area (Å²) >= 11 is 1.68. The average molecular weight is 290 g/mol. The lowest BCUT2D eigenvalue weighted by molar-refractivity contribution is 0.129. The van der Waals surface area contributed by atoms with Crippen molar-refractivity contribution in [3.63, 3.8) is 0 Å². The highest BCUT2D eigenvalue weighted by Crippen LogP contribution is 2.26. The second kappa shape index (κ2) is 5.66. The van der Waals surface area contributed by atoms with E-state index in [1.807, 2.05) is 7.05 Å². The minimum Gasteiger partial charge on any atom is -0.372 e. The standard InChI is InChI=1S/C15H22N4S/c1-10-4-6-19(8-11(10)2)9-13-17-14(16-3)12-5-7-20-15(12)18-13/h5,7,10-11H,4,6,8-9H2,1-3H3,(H,16,17,18). The van der Waals surface area contributed by atoms with E-state index >= 15 is 0 Å². The Morgan fingerprint density at radius 1 is 1.35 bits per heavy atom. The zero-order chi connectivity index (χ0) is 14.1. The maximum atomic E-state index is 4.71. The summed E-state index contributed by atoms with van der Waals surface area (Å²) in [5, 5.41) is 6.39. The zero-order valence-electron chi connectivity index (χ0n) is 12.4. The molecule has 0 aliphatic carbocycles. The Labute approximate surface area is 124 Å². The predicted molar refractivity (Wildman–Crippen MR) is 85.2 cm³/mol. The molecular formula is C15H22N4S. The summed E-state index contributed by atoms with van der Waals surface area (Å²) in [6.45, 7) is 7.88. The smallest absolute Gasteiger partial charge is 0.146 e. The summed E-state index contributed by atoms with van der Waals surface area (Å²) in [5.41, 5.74) is 0. The fraction of sp³-hybridized carbons (Fsp3) is 0.600. The number of aromatic nitrogens is 2. The molecule has 1 fully saturated rings. The summed E-state index contributed by atoms with van der Waals surface area (Å²) in [5.74, 6) is 3.48. The molecule has 2 unspecified atom stereocenters. The molecule has 4 nitrogen and oxygen atoms in total. The van der Waals surface area contributed by atoms with Gasteiger partial charge in [0.05, 0.1) is 11.9 Å². The Hall–Kier alpha value is -1.20. The van der Waals surface area contributed by atoms with Gasteiger partial charge in [-0.2, -0.15) is 0 Å². The van der Waals surface area contributed by atoms with Crippen LogP contribution in [0.15, 0.2) is 11.4 Å². The van der Waals surface area contributed by atoms with E-state index in [-0.39, 0.29) is 0 Å². The van der Waals surface area contributed by atoms with Gasteiger partial charge in [-0.25, -0.2) is 9.97 Å². The van der Waals surface area contributed by atoms with Crippen molar-refractivity contribution in [2.75, 3.05) is 25.5 Å². The number of rotatable bonds is 3. The second-order valence-electron chi connectivity index (χ2n) is 5.86. The Kier molecular flexibility index (Phi) is 3.89. The van der Waals surface area contributed by atoms with Gasteiger partial charge in [0.2, 0.25) is 0 Å². The number of thiophene rings is 1. The molecule has 1 N–H and O–H groups in total. The molecule has 20 heavy (non-hydrogen) atoms. The molecule has 108 valence electrons. The maximum absolute atomic E-state index is 4.71. The Morgan fingerprint density at radius 2 is 2.20 bits per heavy atom. The van der Waals surface area contributed by atoms with Crippen molar-refractivity contribution in [1.29, 1.82) is 0 Å². The van der Waals surface area contributed by atoms with Crippen LogP contribution >= 0.6 is 11.3 Å². The SMILES string of the molecule is CNc1nc(CN2CCC(C)C(C)C2)nc2sccc12. The van der Waals surface area contributed by atoms with Crippen molar-refractivity contribution in [3.05, 3.63) is 17.3 Å². The van der Waals surface area contributed by atoms with E-state index in [4.69, 9.17) is 4.98 Å². The Bertz CT molecular complexity index is 595. The van der Waals surface area contributed by atoms with Gasteiger partial charge in [0.15, 0.2) is 0 Å². The number of nitrogens with zero attached hydrogens (tertiary/aromatic N) is 3. The van der Waals surface area contributed by atoms with E-state index in [0.29, 0.717) is 0 Å². The van der Waals surface area contributed by atoms with E-state index in [1.165, 1.54) is 6.42 Å². The molecule has 3 rings (SSSR count). The Balaban J connectivity index is 1.80. The van der Waals surface area contributed by atoms with Gasteiger partial charge in [-0.15, -0.1) is 11.3 Å². The van der Waals surface area contributed by atoms with Crippen molar-refractivity contribution >= 4 is 27.4 Å². The summed E-state index contributed by atoms with van der Waals surface area (Å²) < 4.78 is 0. The van der Waals surface area contributed by atoms with Crippen LogP contribution < -0.4 is 5.32 Å². The van der Waals surface area contributed by atoms with Crippen molar-refractivity contribution < 1.29 is 0 Å². The average Bonchev–Trinajstić information content (AvgIpc) is 2.90. The largest absolute Gasteiger partial charge is 0.372 e. The first-order chi connectivity index (χ1) is 9.67. The van der Waals surface area contributed by atoms with E-state index in [2.05, 4.69) is 40.5 Å². The fourth-order valence-electron chi connectivity index (χ4n) is 2.85. The van der Waals surface area contributed by atoms with Crippen LogP contribution in [0.4, 0.5) is 5.82 Å². The van der Waals surface area contributed by atoms with E-state index in [1.54, 1.807) is 11.3 Å². The summed E-state index contributed by atoms with van der Waals surface area (Å²) in [6.07, 6.45) is 1.28. The minimum atomic E-state index is 0.762. The third-order valence-electron chi connectivity index (χ3n) is 4.39. The van der Waals surface area contributed by atoms with Gasteiger partial charge in [0.1, 0.15) is 16.5 Å². The molecule has 0 amide bonds. The molecule has 3 heterocycles. The summed E-state index contributed by atoms with van der Waals surface area (Å²) in [7, 11) is 1.92. The summed E-state index contributed by atoms with van der Waals surface area (Å²) in [4.78, 5) is 12.9. The lowest BCUT2D eigenvalue weighted by Crippen LogP contribution is -2.38. The topological polar surface area (TPSA) is 41.1 Å². The third-order valence-corrected chi connectivity index (χ3v) is 5.20. The molecule has 2 atom stereocenters. The third kappa shape index (κ3) is 2.65. The van der Waals surface area contributed by atoms with Gasteiger partial charge < -0.3 is 5.32 Å². The number of hydrogen-bond donors (Lipinski definition) is 1. The number of hydrogen-bond acceptors (Lipinski definition) is 5. The van der Waals surface area contributed by atoms with E-state index < -0.39 is 0 Å². The molecule has 0 bridgehead atoms. The molecule has 1 saturated heterocycles. The first-order valence-electron chi connectivity index (χ1n) is 7.31. The highest BCUT2D eigenvalue weighted by Gasteiger charge is 2.23. The van der Waals surface area contributed by atoms with Gasteiger partial charge in [-0.3, -0.25) is 4.90 Å². The van der Waals surface area contributed by atoms with Gasteiger partial charge in [0, 0.05) is 13.6 Å². The lowest BCUT2D eigenvalue weighted by atomic mass is 9.89. The monoisotopic (exact) mass is 290 g/mol. The predicted octanol–water partition coefficient (Wildman–Crippen LogP) is 3.21. The van der Waals surface area contributed by atoms with E-state index in [0.717, 1.165) is 53.3 Å². The molecular weight excluding hydrogens is 268 g/mol. The number of fused-ring (bicyclic) bond motifs is 1. The van der Waals surface area contributed by atoms with Gasteiger partial charge in [-0.05, 0) is 36.2 Å². The number of likely N-dealkylation sites (tertiary alicyclic amines) is 1. The first kappa shape index (κ1) is 13.8. The molecule has 0 spiro atoms. The van der Waals surface area contributed by atoms with Crippen LogP contribution in [0.5, 0.6) is 0 Å². The van der Waals surface area contributed by atoms with Crippen LogP contribution in [0.2, 0.25) is 0 Å². The minimum absolute atomic E-state index is 0.762. The second-order valence-corrected chi connectivity index (χ2v) is 6.75. The van der Waals surface area contributed by atoms with Crippen LogP contribution in [0.25, 0.3) is 10.2 Å².